The normalized spacial score (nSPS) is 14.8. The number of esters is 1. The highest BCUT2D eigenvalue weighted by molar-refractivity contribution is 7.15. The lowest BCUT2D eigenvalue weighted by atomic mass is 9.98. The maximum absolute atomic E-state index is 12.8. The largest absolute Gasteiger partial charge is 0.460 e. The van der Waals surface area contributed by atoms with Crippen molar-refractivity contribution in [2.45, 2.75) is 59.6 Å². The van der Waals surface area contributed by atoms with Gasteiger partial charge in [0, 0.05) is 21.6 Å². The van der Waals surface area contributed by atoms with Crippen molar-refractivity contribution in [3.8, 4) is 16.8 Å². The second-order valence-electron chi connectivity index (χ2n) is 9.40. The number of hydrogen-bond acceptors (Lipinski definition) is 8. The SMILES string of the molecule is Cc1sc2c(c1C)C(c1ccc(C#CCNO)cc1)=N[C@H](CC(=O)OC(C)(C)C)c1nnc(C)n1-2. The van der Waals surface area contributed by atoms with E-state index in [-0.39, 0.29) is 18.9 Å². The number of benzene rings is 1. The Morgan fingerprint density at radius 1 is 1.20 bits per heavy atom. The quantitative estimate of drug-likeness (QED) is 0.322. The van der Waals surface area contributed by atoms with E-state index in [9.17, 15) is 4.79 Å². The van der Waals surface area contributed by atoms with E-state index in [1.54, 1.807) is 11.3 Å². The molecular weight excluding hydrogens is 462 g/mol. The standard InChI is InChI=1S/C26H29N5O3S/c1-15-16(2)35-25-22(15)23(19-11-9-18(10-12-19)8-7-13-27-33)28-20(14-21(32)34-26(4,5)6)24-30-29-17(3)31(24)25/h9-12,20,27,33H,13-14H2,1-6H3/t20-/m1/s1. The van der Waals surface area contributed by atoms with Gasteiger partial charge in [-0.3, -0.25) is 14.4 Å². The zero-order valence-electron chi connectivity index (χ0n) is 20.8. The van der Waals surface area contributed by atoms with E-state index in [0.717, 1.165) is 38.8 Å². The predicted molar refractivity (Wildman–Crippen MR) is 135 cm³/mol. The van der Waals surface area contributed by atoms with Crippen LogP contribution in [0.5, 0.6) is 0 Å². The molecule has 1 atom stereocenters. The van der Waals surface area contributed by atoms with Crippen LogP contribution in [-0.4, -0.2) is 43.8 Å². The third-order valence-corrected chi connectivity index (χ3v) is 6.77. The fourth-order valence-electron chi connectivity index (χ4n) is 3.96. The van der Waals surface area contributed by atoms with Gasteiger partial charge < -0.3 is 9.94 Å². The third-order valence-electron chi connectivity index (χ3n) is 5.58. The van der Waals surface area contributed by atoms with E-state index >= 15 is 0 Å². The van der Waals surface area contributed by atoms with Crippen molar-refractivity contribution in [3.05, 3.63) is 63.0 Å². The van der Waals surface area contributed by atoms with Crippen LogP contribution in [-0.2, 0) is 9.53 Å². The van der Waals surface area contributed by atoms with Gasteiger partial charge in [-0.25, -0.2) is 0 Å². The average Bonchev–Trinajstić information content (AvgIpc) is 3.25. The van der Waals surface area contributed by atoms with Crippen LogP contribution in [0.15, 0.2) is 29.3 Å². The first-order valence-corrected chi connectivity index (χ1v) is 12.2. The Morgan fingerprint density at radius 2 is 1.91 bits per heavy atom. The van der Waals surface area contributed by atoms with Crippen molar-refractivity contribution >= 4 is 23.0 Å². The number of ether oxygens (including phenoxy) is 1. The lowest BCUT2D eigenvalue weighted by Gasteiger charge is -2.21. The molecule has 8 nitrogen and oxygen atoms in total. The molecule has 0 unspecified atom stereocenters. The Labute approximate surface area is 209 Å². The molecule has 35 heavy (non-hydrogen) atoms. The zero-order chi connectivity index (χ0) is 25.3. The van der Waals surface area contributed by atoms with Gasteiger partial charge in [-0.05, 0) is 59.2 Å². The van der Waals surface area contributed by atoms with Gasteiger partial charge in [-0.2, -0.15) is 5.48 Å². The number of aryl methyl sites for hydroxylation is 2. The molecule has 0 amide bonds. The second kappa shape index (κ2) is 9.74. The summed E-state index contributed by atoms with van der Waals surface area (Å²) < 4.78 is 7.63. The fraction of sp³-hybridized carbons (Fsp3) is 0.385. The Kier molecular flexibility index (Phi) is 6.90. The van der Waals surface area contributed by atoms with Crippen LogP contribution in [0.4, 0.5) is 0 Å². The topological polar surface area (TPSA) is 102 Å². The second-order valence-corrected chi connectivity index (χ2v) is 10.6. The van der Waals surface area contributed by atoms with Gasteiger partial charge in [0.05, 0.1) is 18.7 Å². The van der Waals surface area contributed by atoms with Crippen molar-refractivity contribution in [2.24, 2.45) is 4.99 Å². The minimum absolute atomic E-state index is 0.0591. The van der Waals surface area contributed by atoms with Crippen molar-refractivity contribution in [2.75, 3.05) is 6.54 Å². The van der Waals surface area contributed by atoms with Gasteiger partial charge in [0.2, 0.25) is 0 Å². The number of fused-ring (bicyclic) bond motifs is 3. The molecule has 2 aromatic heterocycles. The molecule has 3 heterocycles. The summed E-state index contributed by atoms with van der Waals surface area (Å²) in [4.78, 5) is 19.1. The highest BCUT2D eigenvalue weighted by Crippen LogP contribution is 2.39. The Bertz CT molecular complexity index is 1350. The van der Waals surface area contributed by atoms with E-state index in [2.05, 4.69) is 35.9 Å². The number of aliphatic imine (C=N–C) groups is 1. The van der Waals surface area contributed by atoms with Crippen LogP contribution < -0.4 is 5.48 Å². The summed E-state index contributed by atoms with van der Waals surface area (Å²) in [7, 11) is 0. The molecule has 3 aromatic rings. The summed E-state index contributed by atoms with van der Waals surface area (Å²) in [6.07, 6.45) is 0.0591. The van der Waals surface area contributed by atoms with E-state index in [0.29, 0.717) is 5.82 Å². The van der Waals surface area contributed by atoms with E-state index in [1.807, 2.05) is 62.0 Å². The maximum Gasteiger partial charge on any atom is 0.308 e. The van der Waals surface area contributed by atoms with Crippen molar-refractivity contribution in [3.63, 3.8) is 0 Å². The number of aromatic nitrogens is 3. The van der Waals surface area contributed by atoms with Crippen LogP contribution in [0, 0.1) is 32.6 Å². The van der Waals surface area contributed by atoms with Crippen LogP contribution in [0.25, 0.3) is 5.00 Å². The molecule has 182 valence electrons. The molecular formula is C26H29N5O3S. The first kappa shape index (κ1) is 24.8. The van der Waals surface area contributed by atoms with Crippen molar-refractivity contribution in [1.29, 1.82) is 0 Å². The zero-order valence-corrected chi connectivity index (χ0v) is 21.6. The third kappa shape index (κ3) is 5.20. The predicted octanol–water partition coefficient (Wildman–Crippen LogP) is 4.21. The first-order chi connectivity index (χ1) is 16.6. The molecule has 0 saturated heterocycles. The molecule has 0 saturated carbocycles. The van der Waals surface area contributed by atoms with Crippen LogP contribution in [0.2, 0.25) is 0 Å². The Morgan fingerprint density at radius 3 is 2.57 bits per heavy atom. The summed E-state index contributed by atoms with van der Waals surface area (Å²) in [5, 5.41) is 18.5. The summed E-state index contributed by atoms with van der Waals surface area (Å²) >= 11 is 1.67. The van der Waals surface area contributed by atoms with Gasteiger partial charge in [-0.15, -0.1) is 21.5 Å². The lowest BCUT2D eigenvalue weighted by molar-refractivity contribution is -0.155. The molecule has 4 rings (SSSR count). The minimum atomic E-state index is -0.591. The maximum atomic E-state index is 12.8. The highest BCUT2D eigenvalue weighted by Gasteiger charge is 2.33. The van der Waals surface area contributed by atoms with Gasteiger partial charge >= 0.3 is 5.97 Å². The van der Waals surface area contributed by atoms with Crippen LogP contribution >= 0.6 is 11.3 Å². The first-order valence-electron chi connectivity index (χ1n) is 11.4. The number of thiophene rings is 1. The van der Waals surface area contributed by atoms with E-state index < -0.39 is 11.6 Å². The molecule has 0 bridgehead atoms. The lowest BCUT2D eigenvalue weighted by Crippen LogP contribution is -2.25. The average molecular weight is 492 g/mol. The number of nitrogens with one attached hydrogen (secondary N) is 1. The number of carbonyl (C=O) groups is 1. The van der Waals surface area contributed by atoms with E-state index in [4.69, 9.17) is 14.9 Å². The molecule has 0 spiro atoms. The van der Waals surface area contributed by atoms with Crippen molar-refractivity contribution < 1.29 is 14.7 Å². The molecule has 1 aliphatic heterocycles. The number of nitrogens with zero attached hydrogens (tertiary/aromatic N) is 4. The summed E-state index contributed by atoms with van der Waals surface area (Å²) in [6.45, 7) is 11.8. The fourth-order valence-corrected chi connectivity index (χ4v) is 5.18. The monoisotopic (exact) mass is 491 g/mol. The molecule has 2 N–H and O–H groups in total. The van der Waals surface area contributed by atoms with Gasteiger partial charge in [0.1, 0.15) is 22.5 Å². The molecule has 1 aromatic carbocycles. The molecule has 1 aliphatic rings. The van der Waals surface area contributed by atoms with E-state index in [1.165, 1.54) is 4.88 Å². The van der Waals surface area contributed by atoms with Crippen LogP contribution in [0.1, 0.15) is 72.0 Å². The highest BCUT2D eigenvalue weighted by atomic mass is 32.1. The minimum Gasteiger partial charge on any atom is -0.460 e. The summed E-state index contributed by atoms with van der Waals surface area (Å²) in [5.74, 6) is 6.89. The smallest absolute Gasteiger partial charge is 0.308 e. The molecule has 0 aliphatic carbocycles. The molecule has 9 heteroatoms. The van der Waals surface area contributed by atoms with Gasteiger partial charge in [0.15, 0.2) is 5.82 Å². The Hall–Kier alpha value is -3.32. The Balaban J connectivity index is 1.84. The number of rotatable bonds is 4. The number of carbonyl (C=O) groups excluding carboxylic acids is 1. The summed E-state index contributed by atoms with van der Waals surface area (Å²) in [6, 6.07) is 7.27. The number of hydrogen-bond donors (Lipinski definition) is 2. The summed E-state index contributed by atoms with van der Waals surface area (Å²) in [5.41, 5.74) is 6.15. The van der Waals surface area contributed by atoms with Crippen LogP contribution in [0.3, 0.4) is 0 Å². The van der Waals surface area contributed by atoms with Gasteiger partial charge in [-0.1, -0.05) is 24.0 Å². The molecule has 0 fully saturated rings. The number of hydroxylamine groups is 1. The van der Waals surface area contributed by atoms with Crippen molar-refractivity contribution in [1.82, 2.24) is 20.2 Å². The van der Waals surface area contributed by atoms with Gasteiger partial charge in [0.25, 0.3) is 0 Å². The molecule has 0 radical (unpaired) electrons.